The smallest absolute Gasteiger partial charge is 0.258 e. The second kappa shape index (κ2) is 3.14. The Hall–Kier alpha value is -1.84. The molecule has 0 atom stereocenters. The quantitative estimate of drug-likeness (QED) is 0.703. The molecule has 1 heterocycles. The first kappa shape index (κ1) is 8.74. The van der Waals surface area contributed by atoms with E-state index in [1.165, 1.54) is 6.33 Å². The molecule has 1 radical (unpaired) electrons. The molecule has 4 nitrogen and oxygen atoms in total. The minimum Gasteiger partial charge on any atom is -0.506 e. The van der Waals surface area contributed by atoms with E-state index in [0.717, 1.165) is 5.56 Å². The van der Waals surface area contributed by atoms with Crippen molar-refractivity contribution in [2.75, 3.05) is 0 Å². The number of phenolic OH excluding ortho intramolecular Hbond substituents is 1. The minimum atomic E-state index is -0.249. The molecule has 0 saturated heterocycles. The average molecular weight is 189 g/mol. The van der Waals surface area contributed by atoms with Gasteiger partial charge in [0, 0.05) is 0 Å². The molecule has 0 aliphatic rings. The van der Waals surface area contributed by atoms with Crippen LogP contribution < -0.4 is 5.56 Å². The molecule has 0 saturated carbocycles. The summed E-state index contributed by atoms with van der Waals surface area (Å²) in [5.74, 6) is 0.0206. The van der Waals surface area contributed by atoms with Crippen LogP contribution in [0.4, 0.5) is 0 Å². The van der Waals surface area contributed by atoms with Gasteiger partial charge in [0.2, 0.25) is 0 Å². The second-order valence-corrected chi connectivity index (χ2v) is 2.99. The lowest BCUT2D eigenvalue weighted by Crippen LogP contribution is -2.06. The van der Waals surface area contributed by atoms with E-state index in [2.05, 4.69) is 16.9 Å². The second-order valence-electron chi connectivity index (χ2n) is 2.99. The van der Waals surface area contributed by atoms with Crippen molar-refractivity contribution in [1.82, 2.24) is 9.97 Å². The summed E-state index contributed by atoms with van der Waals surface area (Å²) >= 11 is 0. The molecule has 0 aliphatic heterocycles. The van der Waals surface area contributed by atoms with Crippen LogP contribution in [0, 0.1) is 6.92 Å². The molecule has 2 rings (SSSR count). The maximum Gasteiger partial charge on any atom is 0.258 e. The van der Waals surface area contributed by atoms with Crippen LogP contribution in [0.15, 0.2) is 23.3 Å². The van der Waals surface area contributed by atoms with Gasteiger partial charge in [0.05, 0.1) is 11.7 Å². The highest BCUT2D eigenvalue weighted by Gasteiger charge is 2.05. The molecule has 1 aromatic carbocycles. The molecule has 71 valence electrons. The molecule has 0 unspecified atom stereocenters. The third-order valence-electron chi connectivity index (χ3n) is 2.07. The Morgan fingerprint density at radius 1 is 1.50 bits per heavy atom. The number of phenols is 1. The van der Waals surface area contributed by atoms with Gasteiger partial charge in [0.15, 0.2) is 0 Å². The molecule has 0 fully saturated rings. The minimum absolute atomic E-state index is 0.0206. The molecular formula is C10H9N2O2. The third kappa shape index (κ3) is 1.25. The Kier molecular flexibility index (Phi) is 1.96. The van der Waals surface area contributed by atoms with Crippen LogP contribution in [0.3, 0.4) is 0 Å². The number of nitrogens with zero attached hydrogens (tertiary/aromatic N) is 1. The summed E-state index contributed by atoms with van der Waals surface area (Å²) in [6.07, 6.45) is 1.80. The molecule has 0 spiro atoms. The molecule has 2 aromatic rings. The number of benzene rings is 1. The number of fused-ring (bicyclic) bond motifs is 1. The molecule has 0 aliphatic carbocycles. The Bertz CT molecular complexity index is 531. The van der Waals surface area contributed by atoms with Gasteiger partial charge >= 0.3 is 0 Å². The van der Waals surface area contributed by atoms with E-state index in [4.69, 9.17) is 0 Å². The maximum atomic E-state index is 11.4. The Morgan fingerprint density at radius 3 is 3.00 bits per heavy atom. The molecule has 4 heteroatoms. The van der Waals surface area contributed by atoms with E-state index in [1.54, 1.807) is 12.1 Å². The molecular weight excluding hydrogens is 180 g/mol. The number of nitrogens with one attached hydrogen (secondary N) is 1. The number of hydrogen-bond donors (Lipinski definition) is 2. The van der Waals surface area contributed by atoms with Crippen LogP contribution in [0.1, 0.15) is 5.56 Å². The van der Waals surface area contributed by atoms with Crippen LogP contribution in [-0.2, 0) is 6.42 Å². The molecule has 1 aromatic heterocycles. The van der Waals surface area contributed by atoms with Crippen molar-refractivity contribution < 1.29 is 5.11 Å². The monoisotopic (exact) mass is 189 g/mol. The Labute approximate surface area is 80.2 Å². The lowest BCUT2D eigenvalue weighted by molar-refractivity contribution is 0.479. The zero-order valence-corrected chi connectivity index (χ0v) is 7.45. The first-order valence-electron chi connectivity index (χ1n) is 4.21. The van der Waals surface area contributed by atoms with Gasteiger partial charge < -0.3 is 10.1 Å². The van der Waals surface area contributed by atoms with Crippen molar-refractivity contribution in [3.05, 3.63) is 41.3 Å². The van der Waals surface area contributed by atoms with E-state index >= 15 is 0 Å². The zero-order chi connectivity index (χ0) is 10.1. The van der Waals surface area contributed by atoms with E-state index < -0.39 is 0 Å². The largest absolute Gasteiger partial charge is 0.506 e. The Balaban J connectivity index is 2.91. The molecule has 2 N–H and O–H groups in total. The van der Waals surface area contributed by atoms with Crippen LogP contribution in [0.5, 0.6) is 5.75 Å². The van der Waals surface area contributed by atoms with Crippen molar-refractivity contribution in [3.63, 3.8) is 0 Å². The third-order valence-corrected chi connectivity index (χ3v) is 2.07. The van der Waals surface area contributed by atoms with Gasteiger partial charge in [-0.15, -0.1) is 0 Å². The highest BCUT2D eigenvalue weighted by Crippen LogP contribution is 2.21. The molecule has 14 heavy (non-hydrogen) atoms. The zero-order valence-electron chi connectivity index (χ0n) is 7.45. The fourth-order valence-electron chi connectivity index (χ4n) is 1.36. The average Bonchev–Trinajstić information content (AvgIpc) is 2.19. The summed E-state index contributed by atoms with van der Waals surface area (Å²) in [5.41, 5.74) is 0.889. The summed E-state index contributed by atoms with van der Waals surface area (Å²) in [4.78, 5) is 17.7. The van der Waals surface area contributed by atoms with Crippen molar-refractivity contribution in [3.8, 4) is 5.75 Å². The summed E-state index contributed by atoms with van der Waals surface area (Å²) in [7, 11) is 0. The number of aromatic nitrogens is 2. The normalized spacial score (nSPS) is 10.6. The number of hydrogen-bond acceptors (Lipinski definition) is 3. The summed E-state index contributed by atoms with van der Waals surface area (Å²) in [6.45, 7) is 3.69. The van der Waals surface area contributed by atoms with Crippen LogP contribution in [0.2, 0.25) is 0 Å². The predicted octanol–water partition coefficient (Wildman–Crippen LogP) is 1.01. The number of H-pyrrole nitrogens is 1. The maximum absolute atomic E-state index is 11.4. The van der Waals surface area contributed by atoms with Crippen molar-refractivity contribution in [2.24, 2.45) is 0 Å². The summed E-state index contributed by atoms with van der Waals surface area (Å²) < 4.78 is 0. The van der Waals surface area contributed by atoms with Gasteiger partial charge in [-0.05, 0) is 31.0 Å². The van der Waals surface area contributed by atoms with Crippen molar-refractivity contribution in [2.45, 2.75) is 6.42 Å². The van der Waals surface area contributed by atoms with Gasteiger partial charge in [0.1, 0.15) is 11.3 Å². The molecule has 0 bridgehead atoms. The highest BCUT2D eigenvalue weighted by atomic mass is 16.3. The van der Waals surface area contributed by atoms with E-state index in [1.807, 2.05) is 0 Å². The first-order valence-corrected chi connectivity index (χ1v) is 4.21. The lowest BCUT2D eigenvalue weighted by Gasteiger charge is -2.01. The predicted molar refractivity (Wildman–Crippen MR) is 53.1 cm³/mol. The van der Waals surface area contributed by atoms with Crippen molar-refractivity contribution >= 4 is 10.9 Å². The van der Waals surface area contributed by atoms with Gasteiger partial charge in [-0.2, -0.15) is 0 Å². The van der Waals surface area contributed by atoms with Gasteiger partial charge in [0.25, 0.3) is 5.56 Å². The summed E-state index contributed by atoms with van der Waals surface area (Å²) in [5, 5.41) is 9.96. The summed E-state index contributed by atoms with van der Waals surface area (Å²) in [6, 6.07) is 3.26. The van der Waals surface area contributed by atoms with E-state index in [-0.39, 0.29) is 11.3 Å². The number of aromatic hydroxyl groups is 1. The number of aromatic amines is 1. The fraction of sp³-hybridized carbons (Fsp3) is 0.100. The molecule has 0 amide bonds. The lowest BCUT2D eigenvalue weighted by atomic mass is 10.1. The Morgan fingerprint density at radius 2 is 2.29 bits per heavy atom. The van der Waals surface area contributed by atoms with Crippen LogP contribution >= 0.6 is 0 Å². The van der Waals surface area contributed by atoms with Crippen LogP contribution in [-0.4, -0.2) is 15.1 Å². The SMILES string of the molecule is [CH2]Cc1cc(O)c2nc[nH]c(=O)c2c1. The highest BCUT2D eigenvalue weighted by molar-refractivity contribution is 5.83. The van der Waals surface area contributed by atoms with Crippen molar-refractivity contribution in [1.29, 1.82) is 0 Å². The topological polar surface area (TPSA) is 66.0 Å². The standard InChI is InChI=1S/C10H9N2O2/c1-2-6-3-7-9(8(13)4-6)11-5-12-10(7)14/h3-5,13H,1-2H2,(H,11,12,14). The van der Waals surface area contributed by atoms with Gasteiger partial charge in [-0.25, -0.2) is 4.98 Å². The van der Waals surface area contributed by atoms with E-state index in [0.29, 0.717) is 17.3 Å². The van der Waals surface area contributed by atoms with Gasteiger partial charge in [-0.3, -0.25) is 4.79 Å². The van der Waals surface area contributed by atoms with Gasteiger partial charge in [-0.1, -0.05) is 0 Å². The first-order chi connectivity index (χ1) is 6.72. The number of rotatable bonds is 1. The van der Waals surface area contributed by atoms with E-state index in [9.17, 15) is 9.90 Å². The van der Waals surface area contributed by atoms with Crippen LogP contribution in [0.25, 0.3) is 10.9 Å². The fourth-order valence-corrected chi connectivity index (χ4v) is 1.36.